The smallest absolute Gasteiger partial charge is 0.148 e. The molecule has 0 spiro atoms. The van der Waals surface area contributed by atoms with E-state index in [4.69, 9.17) is 0 Å². The molecule has 0 saturated heterocycles. The average molecular weight is 166 g/mol. The topological polar surface area (TPSA) is 41.8 Å². The highest BCUT2D eigenvalue weighted by Crippen LogP contribution is 2.14. The Bertz CT molecular complexity index is 354. The van der Waals surface area contributed by atoms with Crippen molar-refractivity contribution in [3.05, 3.63) is 36.3 Å². The minimum Gasteiger partial charge on any atom is -0.359 e. The molecule has 0 radical (unpaired) electrons. The molecule has 12 heavy (non-hydrogen) atoms. The van der Waals surface area contributed by atoms with E-state index in [9.17, 15) is 4.39 Å². The molecule has 0 aliphatic heterocycles. The summed E-state index contributed by atoms with van der Waals surface area (Å²) in [6.45, 7) is 0. The van der Waals surface area contributed by atoms with Crippen LogP contribution in [0.1, 0.15) is 0 Å². The first-order valence-electron chi connectivity index (χ1n) is 3.67. The summed E-state index contributed by atoms with van der Waals surface area (Å²) in [6, 6.07) is 7.29. The lowest BCUT2D eigenvalue weighted by Crippen LogP contribution is -1.69. The summed E-state index contributed by atoms with van der Waals surface area (Å²) in [5.41, 5.74) is 5.35. The lowest BCUT2D eigenvalue weighted by molar-refractivity contribution is 0.639. The molecule has 2 rings (SSSR count). The number of benzene rings is 1. The third-order valence-electron chi connectivity index (χ3n) is 1.54. The molecule has 0 aliphatic rings. The molecule has 0 amide bonds. The Morgan fingerprint density at radius 3 is 2.58 bits per heavy atom. The van der Waals surface area contributed by atoms with E-state index >= 15 is 0 Å². The van der Waals surface area contributed by atoms with Crippen LogP contribution in [0, 0.1) is 5.82 Å². The highest BCUT2D eigenvalue weighted by atomic mass is 19.1. The monoisotopic (exact) mass is 166 g/mol. The molecule has 0 aliphatic carbocycles. The van der Waals surface area contributed by atoms with Gasteiger partial charge in [-0.15, -0.1) is 0 Å². The third-order valence-corrected chi connectivity index (χ3v) is 1.54. The summed E-state index contributed by atoms with van der Waals surface area (Å²) < 4.78 is 12.7. The second-order valence-electron chi connectivity index (χ2n) is 2.18. The van der Waals surface area contributed by atoms with Crippen molar-refractivity contribution < 1.29 is 4.39 Å². The molecule has 1 heterocycles. The fourth-order valence-electron chi connectivity index (χ4n) is 1.04. The summed E-state index contributed by atoms with van der Waals surface area (Å²) >= 11 is 0. The zero-order valence-electron chi connectivity index (χ0n) is 6.84. The molecule has 64 valence electrons. The number of nitrogens with two attached hydrogens (primary N) is 1. The number of hydrogen-bond donors (Lipinski definition) is 2. The molecule has 0 bridgehead atoms. The predicted molar refractivity (Wildman–Crippen MR) is 48.4 cm³/mol. The van der Waals surface area contributed by atoms with Crippen LogP contribution in [0.15, 0.2) is 30.5 Å². The van der Waals surface area contributed by atoms with Crippen molar-refractivity contribution in [1.82, 2.24) is 4.98 Å². The number of aromatic nitrogens is 1. The lowest BCUT2D eigenvalue weighted by Gasteiger charge is -1.84. The van der Waals surface area contributed by atoms with Crippen LogP contribution in [0.5, 0.6) is 0 Å². The van der Waals surface area contributed by atoms with Crippen LogP contribution >= 0.6 is 0 Å². The van der Waals surface area contributed by atoms with Gasteiger partial charge in [0, 0.05) is 17.1 Å². The first-order valence-corrected chi connectivity index (χ1v) is 3.67. The van der Waals surface area contributed by atoms with Gasteiger partial charge in [-0.25, -0.2) is 4.39 Å². The maximum absolute atomic E-state index is 12.7. The Hall–Kier alpha value is -1.35. The van der Waals surface area contributed by atoms with Crippen molar-refractivity contribution in [2.45, 2.75) is 0 Å². The molecule has 0 saturated carbocycles. The number of hydrogen-bond acceptors (Lipinski definition) is 1. The zero-order valence-corrected chi connectivity index (χ0v) is 6.84. The molecule has 0 unspecified atom stereocenters. The van der Waals surface area contributed by atoms with Gasteiger partial charge in [-0.2, -0.15) is 0 Å². The van der Waals surface area contributed by atoms with Crippen LogP contribution in [0.25, 0.3) is 10.9 Å². The maximum atomic E-state index is 12.7. The van der Waals surface area contributed by atoms with E-state index in [0.717, 1.165) is 5.52 Å². The van der Waals surface area contributed by atoms with Gasteiger partial charge in [-0.1, -0.05) is 12.1 Å². The normalized spacial score (nSPS) is 9.25. The van der Waals surface area contributed by atoms with Gasteiger partial charge in [0.1, 0.15) is 5.82 Å². The average Bonchev–Trinajstić information content (AvgIpc) is 2.53. The van der Waals surface area contributed by atoms with E-state index in [-0.39, 0.29) is 5.82 Å². The summed E-state index contributed by atoms with van der Waals surface area (Å²) in [5.74, 6) is -0.185. The summed E-state index contributed by atoms with van der Waals surface area (Å²) in [7, 11) is 1.50. The molecule has 1 aromatic heterocycles. The van der Waals surface area contributed by atoms with E-state index in [1.54, 1.807) is 6.07 Å². The summed E-state index contributed by atoms with van der Waals surface area (Å²) in [4.78, 5) is 2.81. The molecule has 2 nitrogen and oxygen atoms in total. The first-order chi connectivity index (χ1) is 5.88. The van der Waals surface area contributed by atoms with E-state index in [2.05, 4.69) is 10.7 Å². The minimum absolute atomic E-state index is 0.185. The van der Waals surface area contributed by atoms with Crippen LogP contribution in [0.3, 0.4) is 0 Å². The number of rotatable bonds is 0. The number of H-pyrrole nitrogens is 1. The number of aromatic amines is 1. The van der Waals surface area contributed by atoms with Gasteiger partial charge in [0.15, 0.2) is 0 Å². The Morgan fingerprint density at radius 2 is 1.92 bits per heavy atom. The van der Waals surface area contributed by atoms with Crippen molar-refractivity contribution in [2.24, 2.45) is 5.73 Å². The highest BCUT2D eigenvalue weighted by molar-refractivity contribution is 5.79. The maximum Gasteiger partial charge on any atom is 0.148 e. The zero-order chi connectivity index (χ0) is 8.97. The first kappa shape index (κ1) is 8.74. The van der Waals surface area contributed by atoms with Gasteiger partial charge in [-0.05, 0) is 19.2 Å². The minimum atomic E-state index is -0.185. The SMILES string of the molecule is CN.Fc1c[nH]c2ccccc12. The summed E-state index contributed by atoms with van der Waals surface area (Å²) in [6.07, 6.45) is 1.37. The van der Waals surface area contributed by atoms with Crippen molar-refractivity contribution in [2.75, 3.05) is 7.05 Å². The molecular formula is C9H11FN2. The predicted octanol–water partition coefficient (Wildman–Crippen LogP) is 1.88. The van der Waals surface area contributed by atoms with Crippen molar-refractivity contribution >= 4 is 10.9 Å². The van der Waals surface area contributed by atoms with Crippen LogP contribution in [-0.4, -0.2) is 12.0 Å². The van der Waals surface area contributed by atoms with Crippen molar-refractivity contribution in [3.8, 4) is 0 Å². The van der Waals surface area contributed by atoms with Gasteiger partial charge in [0.2, 0.25) is 0 Å². The van der Waals surface area contributed by atoms with Crippen LogP contribution in [0.4, 0.5) is 4.39 Å². The second kappa shape index (κ2) is 3.88. The fraction of sp³-hybridized carbons (Fsp3) is 0.111. The van der Waals surface area contributed by atoms with Gasteiger partial charge < -0.3 is 10.7 Å². The Labute approximate surface area is 70.2 Å². The van der Waals surface area contributed by atoms with Crippen LogP contribution in [-0.2, 0) is 0 Å². The molecule has 0 fully saturated rings. The Morgan fingerprint density at radius 1 is 1.25 bits per heavy atom. The third kappa shape index (κ3) is 1.46. The quantitative estimate of drug-likeness (QED) is 0.616. The molecule has 1 aromatic carbocycles. The summed E-state index contributed by atoms with van der Waals surface area (Å²) in [5, 5.41) is 0.655. The molecule has 0 atom stereocenters. The Kier molecular flexibility index (Phi) is 2.82. The Balaban J connectivity index is 0.000000336. The molecule has 3 N–H and O–H groups in total. The molecule has 2 aromatic rings. The van der Waals surface area contributed by atoms with E-state index in [1.807, 2.05) is 18.2 Å². The van der Waals surface area contributed by atoms with Gasteiger partial charge in [0.25, 0.3) is 0 Å². The van der Waals surface area contributed by atoms with E-state index in [0.29, 0.717) is 5.39 Å². The van der Waals surface area contributed by atoms with Crippen molar-refractivity contribution in [3.63, 3.8) is 0 Å². The number of nitrogens with one attached hydrogen (secondary N) is 1. The van der Waals surface area contributed by atoms with Gasteiger partial charge in [0.05, 0.1) is 0 Å². The second-order valence-corrected chi connectivity index (χ2v) is 2.18. The number of para-hydroxylation sites is 1. The number of fused-ring (bicyclic) bond motifs is 1. The van der Waals surface area contributed by atoms with Crippen molar-refractivity contribution in [1.29, 1.82) is 0 Å². The standard InChI is InChI=1S/C8H6FN.CH5N/c9-7-5-10-8-4-2-1-3-6(7)8;1-2/h1-5,10H;2H2,1H3. The van der Waals surface area contributed by atoms with Gasteiger partial charge in [-0.3, -0.25) is 0 Å². The fourth-order valence-corrected chi connectivity index (χ4v) is 1.04. The largest absolute Gasteiger partial charge is 0.359 e. The molecule has 3 heteroatoms. The lowest BCUT2D eigenvalue weighted by atomic mass is 10.2. The highest BCUT2D eigenvalue weighted by Gasteiger charge is 1.98. The van der Waals surface area contributed by atoms with E-state index < -0.39 is 0 Å². The number of halogens is 1. The van der Waals surface area contributed by atoms with Crippen LogP contribution < -0.4 is 5.73 Å². The van der Waals surface area contributed by atoms with Gasteiger partial charge >= 0.3 is 0 Å². The van der Waals surface area contributed by atoms with Crippen LogP contribution in [0.2, 0.25) is 0 Å². The van der Waals surface area contributed by atoms with E-state index in [1.165, 1.54) is 13.2 Å². The molecular weight excluding hydrogens is 155 g/mol.